The van der Waals surface area contributed by atoms with Crippen LogP contribution in [0.15, 0.2) is 35.4 Å². The summed E-state index contributed by atoms with van der Waals surface area (Å²) in [6.07, 6.45) is 2.25. The molecule has 0 aliphatic carbocycles. The normalized spacial score (nSPS) is 19.9. The van der Waals surface area contributed by atoms with Crippen molar-refractivity contribution >= 4 is 22.5 Å². The second-order valence-electron chi connectivity index (χ2n) is 7.34. The highest BCUT2D eigenvalue weighted by atomic mass is 19.1. The molecule has 0 unspecified atom stereocenters. The Hall–Kier alpha value is -3.43. The van der Waals surface area contributed by atoms with E-state index < -0.39 is 12.3 Å². The standard InChI is InChI=1S/C19H20FN7O2/c1-11-9-27-18(23-24-19(27)28)22-17(11)26-6-5-16(14(20)10-26)29-13-3-4-15-12(7-13)8-21-25(15)2/h3-4,7-9,14,16H,5-6,10H2,1-2H3,(H,24,28)/t14-,16+/m0/s1. The van der Waals surface area contributed by atoms with Gasteiger partial charge in [-0.2, -0.15) is 10.1 Å². The van der Waals surface area contributed by atoms with Gasteiger partial charge in [0.1, 0.15) is 17.7 Å². The van der Waals surface area contributed by atoms with Gasteiger partial charge in [0.15, 0.2) is 6.17 Å². The van der Waals surface area contributed by atoms with Crippen molar-refractivity contribution in [3.63, 3.8) is 0 Å². The second-order valence-corrected chi connectivity index (χ2v) is 7.34. The van der Waals surface area contributed by atoms with Gasteiger partial charge in [0.2, 0.25) is 0 Å². The first-order valence-corrected chi connectivity index (χ1v) is 9.41. The molecule has 1 aliphatic heterocycles. The molecule has 1 N–H and O–H groups in total. The van der Waals surface area contributed by atoms with E-state index in [2.05, 4.69) is 20.3 Å². The topological polar surface area (TPSA) is 93.3 Å². The van der Waals surface area contributed by atoms with Crippen molar-refractivity contribution in [3.05, 3.63) is 46.6 Å². The van der Waals surface area contributed by atoms with Crippen LogP contribution in [0.4, 0.5) is 10.2 Å². The van der Waals surface area contributed by atoms with E-state index in [4.69, 9.17) is 4.74 Å². The van der Waals surface area contributed by atoms with Gasteiger partial charge < -0.3 is 9.64 Å². The maximum Gasteiger partial charge on any atom is 0.348 e. The Morgan fingerprint density at radius 2 is 2.21 bits per heavy atom. The number of anilines is 1. The summed E-state index contributed by atoms with van der Waals surface area (Å²) in [6, 6.07) is 5.66. The van der Waals surface area contributed by atoms with Crippen LogP contribution in [-0.4, -0.2) is 54.7 Å². The number of nitrogens with one attached hydrogen (secondary N) is 1. The minimum Gasteiger partial charge on any atom is -0.487 e. The molecular weight excluding hydrogens is 377 g/mol. The molecule has 3 aromatic heterocycles. The van der Waals surface area contributed by atoms with Gasteiger partial charge in [-0.25, -0.2) is 18.7 Å². The highest BCUT2D eigenvalue weighted by Crippen LogP contribution is 2.27. The van der Waals surface area contributed by atoms with Crippen molar-refractivity contribution in [1.82, 2.24) is 29.4 Å². The van der Waals surface area contributed by atoms with E-state index in [-0.39, 0.29) is 18.0 Å². The fraction of sp³-hybridized carbons (Fsp3) is 0.368. The molecule has 29 heavy (non-hydrogen) atoms. The van der Waals surface area contributed by atoms with Crippen LogP contribution in [0.3, 0.4) is 0 Å². The molecule has 150 valence electrons. The van der Waals surface area contributed by atoms with Gasteiger partial charge >= 0.3 is 5.69 Å². The van der Waals surface area contributed by atoms with Crippen LogP contribution < -0.4 is 15.3 Å². The van der Waals surface area contributed by atoms with E-state index in [1.165, 1.54) is 4.40 Å². The molecule has 0 bridgehead atoms. The number of halogens is 1. The number of rotatable bonds is 3. The lowest BCUT2D eigenvalue weighted by atomic mass is 10.1. The maximum atomic E-state index is 14.9. The number of ether oxygens (including phenoxy) is 1. The molecule has 2 atom stereocenters. The maximum absolute atomic E-state index is 14.9. The van der Waals surface area contributed by atoms with E-state index in [1.54, 1.807) is 17.1 Å². The largest absolute Gasteiger partial charge is 0.487 e. The molecule has 4 heterocycles. The van der Waals surface area contributed by atoms with Crippen LogP contribution >= 0.6 is 0 Å². The summed E-state index contributed by atoms with van der Waals surface area (Å²) in [4.78, 5) is 18.0. The monoisotopic (exact) mass is 397 g/mol. The Bertz CT molecular complexity index is 1260. The molecule has 0 amide bonds. The Morgan fingerprint density at radius 1 is 1.34 bits per heavy atom. The number of nitrogens with zero attached hydrogens (tertiary/aromatic N) is 6. The minimum absolute atomic E-state index is 0.165. The number of aryl methyl sites for hydroxylation is 2. The lowest BCUT2D eigenvalue weighted by molar-refractivity contribution is 0.0820. The van der Waals surface area contributed by atoms with Crippen LogP contribution in [-0.2, 0) is 7.05 Å². The third-order valence-electron chi connectivity index (χ3n) is 5.35. The molecule has 0 radical (unpaired) electrons. The van der Waals surface area contributed by atoms with Crippen LogP contribution in [0.2, 0.25) is 0 Å². The zero-order chi connectivity index (χ0) is 20.1. The zero-order valence-corrected chi connectivity index (χ0v) is 16.0. The molecule has 1 fully saturated rings. The molecule has 1 saturated heterocycles. The summed E-state index contributed by atoms with van der Waals surface area (Å²) in [6.45, 7) is 2.61. The fourth-order valence-corrected chi connectivity index (χ4v) is 3.84. The minimum atomic E-state index is -1.17. The van der Waals surface area contributed by atoms with E-state index in [0.717, 1.165) is 16.5 Å². The molecule has 10 heteroatoms. The van der Waals surface area contributed by atoms with Gasteiger partial charge in [0.25, 0.3) is 5.78 Å². The van der Waals surface area contributed by atoms with Crippen molar-refractivity contribution in [2.75, 3.05) is 18.0 Å². The first kappa shape index (κ1) is 17.7. The number of benzene rings is 1. The van der Waals surface area contributed by atoms with E-state index in [1.807, 2.05) is 37.1 Å². The smallest absolute Gasteiger partial charge is 0.348 e. The van der Waals surface area contributed by atoms with E-state index >= 15 is 0 Å². The number of hydrogen-bond donors (Lipinski definition) is 1. The molecule has 4 aromatic rings. The Morgan fingerprint density at radius 3 is 3.03 bits per heavy atom. The average Bonchev–Trinajstić information content (AvgIpc) is 3.25. The highest BCUT2D eigenvalue weighted by molar-refractivity contribution is 5.80. The lowest BCUT2D eigenvalue weighted by Gasteiger charge is -2.36. The van der Waals surface area contributed by atoms with Crippen LogP contribution in [0.25, 0.3) is 16.7 Å². The van der Waals surface area contributed by atoms with Gasteiger partial charge in [-0.05, 0) is 25.1 Å². The van der Waals surface area contributed by atoms with E-state index in [9.17, 15) is 9.18 Å². The molecule has 5 rings (SSSR count). The predicted octanol–water partition coefficient (Wildman–Crippen LogP) is 1.61. The zero-order valence-electron chi connectivity index (χ0n) is 16.0. The third kappa shape index (κ3) is 3.00. The molecule has 1 aromatic carbocycles. The molecule has 1 aliphatic rings. The second kappa shape index (κ2) is 6.57. The van der Waals surface area contributed by atoms with Gasteiger partial charge in [0.05, 0.1) is 18.3 Å². The Kier molecular flexibility index (Phi) is 4.00. The molecule has 9 nitrogen and oxygen atoms in total. The van der Waals surface area contributed by atoms with Crippen molar-refractivity contribution in [1.29, 1.82) is 0 Å². The molecular formula is C19H20FN7O2. The number of fused-ring (bicyclic) bond motifs is 2. The number of piperidine rings is 1. The number of hydrogen-bond acceptors (Lipinski definition) is 6. The summed E-state index contributed by atoms with van der Waals surface area (Å²) in [5, 5.41) is 11.4. The number of H-pyrrole nitrogens is 1. The lowest BCUT2D eigenvalue weighted by Crippen LogP contribution is -2.47. The summed E-state index contributed by atoms with van der Waals surface area (Å²) < 4.78 is 24.0. The SMILES string of the molecule is Cc1cn2c(=O)[nH]nc2nc1N1CC[C@@H](Oc2ccc3c(cnn3C)c2)[C@@H](F)C1. The van der Waals surface area contributed by atoms with Crippen molar-refractivity contribution in [2.24, 2.45) is 7.05 Å². The quantitative estimate of drug-likeness (QED) is 0.565. The summed E-state index contributed by atoms with van der Waals surface area (Å²) in [7, 11) is 1.88. The van der Waals surface area contributed by atoms with Gasteiger partial charge in [0, 0.05) is 37.2 Å². The van der Waals surface area contributed by atoms with Crippen LogP contribution in [0, 0.1) is 6.92 Å². The summed E-state index contributed by atoms with van der Waals surface area (Å²) in [5.41, 5.74) is 1.44. The summed E-state index contributed by atoms with van der Waals surface area (Å²) in [5.74, 6) is 1.54. The third-order valence-corrected chi connectivity index (χ3v) is 5.35. The van der Waals surface area contributed by atoms with Gasteiger partial charge in [-0.1, -0.05) is 0 Å². The van der Waals surface area contributed by atoms with Crippen molar-refractivity contribution in [2.45, 2.75) is 25.6 Å². The predicted molar refractivity (Wildman–Crippen MR) is 105 cm³/mol. The Labute approximate surface area is 164 Å². The van der Waals surface area contributed by atoms with Crippen LogP contribution in [0.5, 0.6) is 5.75 Å². The number of alkyl halides is 1. The van der Waals surface area contributed by atoms with Crippen LogP contribution in [0.1, 0.15) is 12.0 Å². The fourth-order valence-electron chi connectivity index (χ4n) is 3.84. The first-order chi connectivity index (χ1) is 14.0. The number of aromatic nitrogens is 6. The van der Waals surface area contributed by atoms with Crippen molar-refractivity contribution < 1.29 is 9.13 Å². The number of aromatic amines is 1. The summed E-state index contributed by atoms with van der Waals surface area (Å²) >= 11 is 0. The van der Waals surface area contributed by atoms with Gasteiger partial charge in [-0.3, -0.25) is 4.68 Å². The Balaban J connectivity index is 1.33. The van der Waals surface area contributed by atoms with Crippen molar-refractivity contribution in [3.8, 4) is 5.75 Å². The highest BCUT2D eigenvalue weighted by Gasteiger charge is 2.32. The molecule has 0 saturated carbocycles. The van der Waals surface area contributed by atoms with E-state index in [0.29, 0.717) is 24.5 Å². The first-order valence-electron chi connectivity index (χ1n) is 9.41. The molecule has 0 spiro atoms. The average molecular weight is 397 g/mol. The van der Waals surface area contributed by atoms with Gasteiger partial charge in [-0.15, -0.1) is 5.10 Å².